The average Bonchev–Trinajstić information content (AvgIpc) is 2.63. The number of benzene rings is 1. The lowest BCUT2D eigenvalue weighted by molar-refractivity contribution is -0.0546. The normalized spacial score (nSPS) is 36.1. The maximum absolute atomic E-state index is 14.4. The first kappa shape index (κ1) is 19.7. The van der Waals surface area contributed by atoms with Gasteiger partial charge >= 0.3 is 0 Å². The topological polar surface area (TPSA) is 9.23 Å². The molecule has 3 rings (SSSR count). The van der Waals surface area contributed by atoms with Crippen molar-refractivity contribution >= 4 is 0 Å². The van der Waals surface area contributed by atoms with E-state index in [0.29, 0.717) is 25.7 Å². The molecular weight excluding hydrogens is 344 g/mol. The summed E-state index contributed by atoms with van der Waals surface area (Å²) in [5.74, 6) is -3.29. The first-order valence-electron chi connectivity index (χ1n) is 9.60. The van der Waals surface area contributed by atoms with Crippen LogP contribution in [0.1, 0.15) is 68.4 Å². The van der Waals surface area contributed by atoms with E-state index in [1.54, 1.807) is 0 Å². The molecule has 5 heteroatoms. The van der Waals surface area contributed by atoms with Gasteiger partial charge in [-0.15, -0.1) is 0 Å². The van der Waals surface area contributed by atoms with Crippen molar-refractivity contribution in [2.45, 2.75) is 81.7 Å². The largest absolute Gasteiger partial charge is 0.378 e. The second-order valence-corrected chi connectivity index (χ2v) is 8.02. The fourth-order valence-electron chi connectivity index (χ4n) is 4.64. The number of halogens is 4. The zero-order valence-corrected chi connectivity index (χ0v) is 15.4. The van der Waals surface area contributed by atoms with E-state index < -0.39 is 36.2 Å². The Kier molecular flexibility index (Phi) is 5.95. The van der Waals surface area contributed by atoms with Gasteiger partial charge in [-0.05, 0) is 62.5 Å². The van der Waals surface area contributed by atoms with Crippen molar-refractivity contribution in [3.63, 3.8) is 0 Å². The number of rotatable bonds is 4. The first-order chi connectivity index (χ1) is 12.3. The Hall–Kier alpha value is -1.10. The van der Waals surface area contributed by atoms with E-state index in [2.05, 4.69) is 0 Å². The maximum atomic E-state index is 14.4. The first-order valence-corrected chi connectivity index (χ1v) is 9.60. The lowest BCUT2D eigenvalue weighted by Crippen LogP contribution is -2.41. The fraction of sp³-hybridized carbons (Fsp3) is 0.714. The summed E-state index contributed by atoms with van der Waals surface area (Å²) in [5.41, 5.74) is 1.93. The highest BCUT2D eigenvalue weighted by Crippen LogP contribution is 2.43. The van der Waals surface area contributed by atoms with Gasteiger partial charge in [-0.3, -0.25) is 0 Å². The third-order valence-corrected chi connectivity index (χ3v) is 6.39. The highest BCUT2D eigenvalue weighted by molar-refractivity contribution is 5.29. The lowest BCUT2D eigenvalue weighted by atomic mass is 9.75. The summed E-state index contributed by atoms with van der Waals surface area (Å²) in [7, 11) is 1.42. The van der Waals surface area contributed by atoms with Crippen molar-refractivity contribution in [2.75, 3.05) is 7.11 Å². The second-order valence-electron chi connectivity index (χ2n) is 8.02. The maximum Gasteiger partial charge on any atom is 0.248 e. The molecule has 0 N–H and O–H groups in total. The standard InChI is InChI=1S/C21H28F4O/c1-21(24,25)16-9-7-14(8-10-16)13-3-5-15(6-4-13)17-11-12-18(26-2)20(23)19(17)22/h3-6,14,16-20H,7-12H2,1-2H3. The predicted molar refractivity (Wildman–Crippen MR) is 94.3 cm³/mol. The van der Waals surface area contributed by atoms with Gasteiger partial charge in [0.05, 0.1) is 6.10 Å². The molecule has 146 valence electrons. The van der Waals surface area contributed by atoms with Crippen molar-refractivity contribution in [1.29, 1.82) is 0 Å². The van der Waals surface area contributed by atoms with Crippen molar-refractivity contribution in [1.82, 2.24) is 0 Å². The summed E-state index contributed by atoms with van der Waals surface area (Å²) in [5, 5.41) is 0. The third kappa shape index (κ3) is 4.08. The molecule has 2 saturated carbocycles. The zero-order valence-electron chi connectivity index (χ0n) is 15.4. The van der Waals surface area contributed by atoms with E-state index in [0.717, 1.165) is 30.9 Å². The average molecular weight is 372 g/mol. The fourth-order valence-corrected chi connectivity index (χ4v) is 4.64. The van der Waals surface area contributed by atoms with Gasteiger partial charge in [-0.2, -0.15) is 0 Å². The van der Waals surface area contributed by atoms with Crippen LogP contribution in [0, 0.1) is 5.92 Å². The summed E-state index contributed by atoms with van der Waals surface area (Å²) in [6.07, 6.45) is -0.149. The lowest BCUT2D eigenvalue weighted by Gasteiger charge is -2.34. The van der Waals surface area contributed by atoms with E-state index in [1.165, 1.54) is 7.11 Å². The van der Waals surface area contributed by atoms with Crippen molar-refractivity contribution < 1.29 is 22.3 Å². The molecule has 1 aromatic carbocycles. The molecule has 0 spiro atoms. The SMILES string of the molecule is COC1CCC(c2ccc(C3CCC(C(C)(F)F)CC3)cc2)C(F)C1F. The molecule has 0 aromatic heterocycles. The van der Waals surface area contributed by atoms with E-state index in [1.807, 2.05) is 24.3 Å². The minimum absolute atomic E-state index is 0.280. The predicted octanol–water partition coefficient (Wildman–Crippen LogP) is 6.18. The van der Waals surface area contributed by atoms with Crippen LogP contribution in [0.15, 0.2) is 24.3 Å². The molecule has 2 aliphatic carbocycles. The summed E-state index contributed by atoms with van der Waals surface area (Å²) in [6, 6.07) is 7.69. The van der Waals surface area contributed by atoms with Crippen LogP contribution in [0.5, 0.6) is 0 Å². The third-order valence-electron chi connectivity index (χ3n) is 6.39. The molecule has 2 fully saturated rings. The van der Waals surface area contributed by atoms with E-state index in [4.69, 9.17) is 4.74 Å². The van der Waals surface area contributed by atoms with Crippen molar-refractivity contribution in [3.05, 3.63) is 35.4 Å². The van der Waals surface area contributed by atoms with Gasteiger partial charge in [-0.1, -0.05) is 24.3 Å². The highest BCUT2D eigenvalue weighted by Gasteiger charge is 2.41. The molecule has 0 bridgehead atoms. The Morgan fingerprint density at radius 2 is 1.42 bits per heavy atom. The smallest absolute Gasteiger partial charge is 0.248 e. The Bertz CT molecular complexity index is 575. The molecular formula is C21H28F4O. The van der Waals surface area contributed by atoms with Crippen LogP contribution in [-0.2, 0) is 4.74 Å². The quantitative estimate of drug-likeness (QED) is 0.573. The molecule has 1 aromatic rings. The molecule has 0 saturated heterocycles. The Morgan fingerprint density at radius 1 is 0.846 bits per heavy atom. The van der Waals surface area contributed by atoms with Crippen LogP contribution >= 0.6 is 0 Å². The van der Waals surface area contributed by atoms with Crippen LogP contribution in [0.2, 0.25) is 0 Å². The van der Waals surface area contributed by atoms with Gasteiger partial charge < -0.3 is 4.74 Å². The van der Waals surface area contributed by atoms with Crippen LogP contribution in [0.3, 0.4) is 0 Å². The molecule has 0 heterocycles. The van der Waals surface area contributed by atoms with Crippen LogP contribution in [0.4, 0.5) is 17.6 Å². The number of alkyl halides is 4. The molecule has 4 atom stereocenters. The van der Waals surface area contributed by atoms with E-state index >= 15 is 0 Å². The summed E-state index contributed by atoms with van der Waals surface area (Å²) < 4.78 is 60.5. The van der Waals surface area contributed by atoms with Crippen LogP contribution in [-0.4, -0.2) is 31.5 Å². The van der Waals surface area contributed by atoms with E-state index in [9.17, 15) is 17.6 Å². The Balaban J connectivity index is 1.63. The molecule has 0 radical (unpaired) electrons. The van der Waals surface area contributed by atoms with Crippen LogP contribution < -0.4 is 0 Å². The zero-order chi connectivity index (χ0) is 18.9. The summed E-state index contributed by atoms with van der Waals surface area (Å²) in [6.45, 7) is 1.01. The number of hydrogen-bond donors (Lipinski definition) is 0. The number of ether oxygens (including phenoxy) is 1. The minimum atomic E-state index is -2.60. The monoisotopic (exact) mass is 372 g/mol. The molecule has 2 aliphatic rings. The molecule has 4 unspecified atom stereocenters. The molecule has 0 aliphatic heterocycles. The van der Waals surface area contributed by atoms with Gasteiger partial charge in [0.15, 0.2) is 6.17 Å². The number of methoxy groups -OCH3 is 1. The molecule has 0 amide bonds. The molecule has 1 nitrogen and oxygen atoms in total. The van der Waals surface area contributed by atoms with Gasteiger partial charge in [-0.25, -0.2) is 17.6 Å². The summed E-state index contributed by atoms with van der Waals surface area (Å²) in [4.78, 5) is 0. The van der Waals surface area contributed by atoms with Gasteiger partial charge in [0.1, 0.15) is 6.17 Å². The van der Waals surface area contributed by atoms with Crippen molar-refractivity contribution in [3.8, 4) is 0 Å². The highest BCUT2D eigenvalue weighted by atomic mass is 19.3. The minimum Gasteiger partial charge on any atom is -0.378 e. The van der Waals surface area contributed by atoms with Gasteiger partial charge in [0.2, 0.25) is 5.92 Å². The Labute approximate surface area is 153 Å². The van der Waals surface area contributed by atoms with Gasteiger partial charge in [0, 0.05) is 18.9 Å². The number of hydrogen-bond acceptors (Lipinski definition) is 1. The second kappa shape index (κ2) is 7.87. The molecule has 26 heavy (non-hydrogen) atoms. The summed E-state index contributed by atoms with van der Waals surface area (Å²) >= 11 is 0. The van der Waals surface area contributed by atoms with E-state index in [-0.39, 0.29) is 5.92 Å². The Morgan fingerprint density at radius 3 is 1.96 bits per heavy atom. The van der Waals surface area contributed by atoms with Crippen molar-refractivity contribution in [2.24, 2.45) is 5.92 Å². The van der Waals surface area contributed by atoms with Crippen LogP contribution in [0.25, 0.3) is 0 Å². The van der Waals surface area contributed by atoms with Gasteiger partial charge in [0.25, 0.3) is 0 Å².